The Balaban J connectivity index is 0.00000161. The van der Waals surface area contributed by atoms with Gasteiger partial charge in [0.05, 0.1) is 0 Å². The first kappa shape index (κ1) is 15.8. The molecule has 116 valence electrons. The molecule has 2 aliphatic rings. The first-order chi connectivity index (χ1) is 9.56. The van der Waals surface area contributed by atoms with Crippen LogP contribution in [0.25, 0.3) is 0 Å². The number of carbonyl (C=O) groups excluding carboxylic acids is 1. The number of halogens is 3. The summed E-state index contributed by atoms with van der Waals surface area (Å²) in [5.41, 5.74) is 1.43. The number of ether oxygens (including phenoxy) is 1. The molecule has 0 spiro atoms. The van der Waals surface area contributed by atoms with Gasteiger partial charge in [-0.3, -0.25) is 0 Å². The zero-order valence-electron chi connectivity index (χ0n) is 11.4. The van der Waals surface area contributed by atoms with Crippen LogP contribution in [0.2, 0.25) is 0 Å². The fourth-order valence-corrected chi connectivity index (χ4v) is 2.69. The van der Waals surface area contributed by atoms with Gasteiger partial charge in [-0.05, 0) is 30.5 Å². The molecule has 2 fully saturated rings. The van der Waals surface area contributed by atoms with Crippen molar-refractivity contribution in [3.05, 3.63) is 29.8 Å². The fourth-order valence-electron chi connectivity index (χ4n) is 2.69. The van der Waals surface area contributed by atoms with Crippen molar-refractivity contribution in [2.45, 2.75) is 24.8 Å². The first-order valence-electron chi connectivity index (χ1n) is 6.72. The molecule has 0 saturated carbocycles. The molecule has 0 radical (unpaired) electrons. The summed E-state index contributed by atoms with van der Waals surface area (Å²) in [6.07, 6.45) is 1.52. The highest BCUT2D eigenvalue weighted by Crippen LogP contribution is 2.35. The molecule has 1 amide bonds. The van der Waals surface area contributed by atoms with E-state index in [4.69, 9.17) is 0 Å². The minimum atomic E-state index is -3.09. The zero-order valence-corrected chi connectivity index (χ0v) is 12.2. The van der Waals surface area contributed by atoms with Gasteiger partial charge in [0, 0.05) is 18.8 Å². The maximum absolute atomic E-state index is 13.8. The van der Waals surface area contributed by atoms with E-state index in [1.807, 2.05) is 12.1 Å². The molecule has 4 nitrogen and oxygen atoms in total. The molecular formula is C14H17ClF2N2O2. The molecule has 1 aromatic carbocycles. The number of carbonyl (C=O) groups is 1. The summed E-state index contributed by atoms with van der Waals surface area (Å²) in [5, 5.41) is 2.19. The highest BCUT2D eigenvalue weighted by molar-refractivity contribution is 5.85. The Labute approximate surface area is 127 Å². The quantitative estimate of drug-likeness (QED) is 0.911. The highest BCUT2D eigenvalue weighted by atomic mass is 35.5. The molecular weight excluding hydrogens is 302 g/mol. The summed E-state index contributed by atoms with van der Waals surface area (Å²) in [5.74, 6) is -3.09. The maximum Gasteiger partial charge on any atom is 0.408 e. The molecule has 0 aliphatic carbocycles. The predicted octanol–water partition coefficient (Wildman–Crippen LogP) is 3.12. The van der Waals surface area contributed by atoms with E-state index in [2.05, 4.69) is 15.0 Å². The van der Waals surface area contributed by atoms with Crippen molar-refractivity contribution >= 4 is 24.2 Å². The van der Waals surface area contributed by atoms with Crippen LogP contribution in [0, 0.1) is 0 Å². The van der Waals surface area contributed by atoms with Crippen LogP contribution in [0.3, 0.4) is 0 Å². The van der Waals surface area contributed by atoms with Crippen LogP contribution in [0.15, 0.2) is 24.3 Å². The maximum atomic E-state index is 13.8. The number of hydrogen-bond donors (Lipinski definition) is 1. The van der Waals surface area contributed by atoms with Gasteiger partial charge in [0.1, 0.15) is 6.04 Å². The lowest BCUT2D eigenvalue weighted by molar-refractivity contribution is -0.104. The standard InChI is InChI=1S/C14H16F2N2O2.ClH/c15-14(16)9-20-13(19)17-12(14)10-3-5-11(6-4-10)18-7-1-2-8-18;/h3-6,12H,1-2,7-9H2,(H,17,19);1H/t12-;/m0./s1. The average molecular weight is 319 g/mol. The number of alkyl halides is 2. The smallest absolute Gasteiger partial charge is 0.408 e. The highest BCUT2D eigenvalue weighted by Gasteiger charge is 2.46. The molecule has 3 rings (SSSR count). The third-order valence-corrected chi connectivity index (χ3v) is 3.78. The number of benzene rings is 1. The Hall–Kier alpha value is -1.56. The van der Waals surface area contributed by atoms with Crippen molar-refractivity contribution in [2.75, 3.05) is 24.6 Å². The summed E-state index contributed by atoms with van der Waals surface area (Å²) in [6, 6.07) is 5.64. The van der Waals surface area contributed by atoms with E-state index in [1.165, 1.54) is 0 Å². The van der Waals surface area contributed by atoms with E-state index in [-0.39, 0.29) is 12.4 Å². The second kappa shape index (κ2) is 6.05. The number of anilines is 1. The van der Waals surface area contributed by atoms with E-state index >= 15 is 0 Å². The number of nitrogens with zero attached hydrogens (tertiary/aromatic N) is 1. The van der Waals surface area contributed by atoms with Crippen LogP contribution < -0.4 is 10.2 Å². The Morgan fingerprint density at radius 2 is 1.81 bits per heavy atom. The summed E-state index contributed by atoms with van der Waals surface area (Å²) in [4.78, 5) is 13.4. The van der Waals surface area contributed by atoms with Gasteiger partial charge in [-0.25, -0.2) is 13.6 Å². The van der Waals surface area contributed by atoms with Gasteiger partial charge in [-0.1, -0.05) is 12.1 Å². The van der Waals surface area contributed by atoms with E-state index in [1.54, 1.807) is 12.1 Å². The number of alkyl carbamates (subject to hydrolysis) is 1. The second-order valence-electron chi connectivity index (χ2n) is 5.20. The molecule has 21 heavy (non-hydrogen) atoms. The van der Waals surface area contributed by atoms with Crippen LogP contribution >= 0.6 is 12.4 Å². The van der Waals surface area contributed by atoms with Gasteiger partial charge in [-0.2, -0.15) is 0 Å². The van der Waals surface area contributed by atoms with Gasteiger partial charge < -0.3 is 15.0 Å². The lowest BCUT2D eigenvalue weighted by Crippen LogP contribution is -2.49. The van der Waals surface area contributed by atoms with Crippen molar-refractivity contribution in [1.82, 2.24) is 5.32 Å². The Bertz CT molecular complexity index is 504. The lowest BCUT2D eigenvalue weighted by atomic mass is 10.00. The minimum Gasteiger partial charge on any atom is -0.443 e. The number of rotatable bonds is 2. The summed E-state index contributed by atoms with van der Waals surface area (Å²) < 4.78 is 31.9. The summed E-state index contributed by atoms with van der Waals surface area (Å²) in [6.45, 7) is 1.13. The Morgan fingerprint density at radius 1 is 1.19 bits per heavy atom. The average Bonchev–Trinajstić information content (AvgIpc) is 2.96. The summed E-state index contributed by atoms with van der Waals surface area (Å²) >= 11 is 0. The summed E-state index contributed by atoms with van der Waals surface area (Å²) in [7, 11) is 0. The third-order valence-electron chi connectivity index (χ3n) is 3.78. The van der Waals surface area contributed by atoms with E-state index in [0.29, 0.717) is 5.56 Å². The topological polar surface area (TPSA) is 41.6 Å². The molecule has 1 atom stereocenters. The van der Waals surface area contributed by atoms with Crippen molar-refractivity contribution in [3.8, 4) is 0 Å². The van der Waals surface area contributed by atoms with Crippen LogP contribution in [0.1, 0.15) is 24.4 Å². The molecule has 7 heteroatoms. The third kappa shape index (κ3) is 3.20. The van der Waals surface area contributed by atoms with Crippen molar-refractivity contribution in [2.24, 2.45) is 0 Å². The molecule has 2 aliphatic heterocycles. The number of amides is 1. The monoisotopic (exact) mass is 318 g/mol. The van der Waals surface area contributed by atoms with Gasteiger partial charge in [0.25, 0.3) is 0 Å². The SMILES string of the molecule is Cl.O=C1N[C@@H](c2ccc(N3CCCC3)cc2)C(F)(F)CO1. The van der Waals surface area contributed by atoms with Crippen molar-refractivity contribution in [1.29, 1.82) is 0 Å². The molecule has 0 unspecified atom stereocenters. The predicted molar refractivity (Wildman–Crippen MR) is 77.3 cm³/mol. The normalized spacial score (nSPS) is 24.0. The first-order valence-corrected chi connectivity index (χ1v) is 6.72. The Kier molecular flexibility index (Phi) is 4.56. The zero-order chi connectivity index (χ0) is 14.2. The van der Waals surface area contributed by atoms with Crippen molar-refractivity contribution in [3.63, 3.8) is 0 Å². The molecule has 0 bridgehead atoms. The molecule has 1 aromatic rings. The van der Waals surface area contributed by atoms with Gasteiger partial charge >= 0.3 is 12.0 Å². The minimum absolute atomic E-state index is 0. The molecule has 0 aromatic heterocycles. The number of nitrogens with one attached hydrogen (secondary N) is 1. The van der Waals surface area contributed by atoms with Crippen LogP contribution in [-0.2, 0) is 4.74 Å². The van der Waals surface area contributed by atoms with Gasteiger partial charge in [0.2, 0.25) is 0 Å². The Morgan fingerprint density at radius 3 is 2.43 bits per heavy atom. The number of hydrogen-bond acceptors (Lipinski definition) is 3. The van der Waals surface area contributed by atoms with Crippen LogP contribution in [0.4, 0.5) is 19.3 Å². The van der Waals surface area contributed by atoms with Gasteiger partial charge in [-0.15, -0.1) is 12.4 Å². The second-order valence-corrected chi connectivity index (χ2v) is 5.20. The largest absolute Gasteiger partial charge is 0.443 e. The van der Waals surface area contributed by atoms with E-state index < -0.39 is 24.7 Å². The van der Waals surface area contributed by atoms with Crippen LogP contribution in [0.5, 0.6) is 0 Å². The number of cyclic esters (lactones) is 1. The van der Waals surface area contributed by atoms with Gasteiger partial charge in [0.15, 0.2) is 6.61 Å². The molecule has 1 N–H and O–H groups in total. The fraction of sp³-hybridized carbons (Fsp3) is 0.500. The van der Waals surface area contributed by atoms with E-state index in [0.717, 1.165) is 31.6 Å². The molecule has 2 saturated heterocycles. The van der Waals surface area contributed by atoms with E-state index in [9.17, 15) is 13.6 Å². The molecule has 2 heterocycles. The van der Waals surface area contributed by atoms with Crippen LogP contribution in [-0.4, -0.2) is 31.7 Å². The van der Waals surface area contributed by atoms with Crippen molar-refractivity contribution < 1.29 is 18.3 Å². The lowest BCUT2D eigenvalue weighted by Gasteiger charge is -2.32.